The summed E-state index contributed by atoms with van der Waals surface area (Å²) in [5.41, 5.74) is 14.8. The molecule has 0 atom stereocenters. The van der Waals surface area contributed by atoms with Crippen LogP contribution in [0.1, 0.15) is 0 Å². The highest BCUT2D eigenvalue weighted by Gasteiger charge is 2.13. The summed E-state index contributed by atoms with van der Waals surface area (Å²) in [5.74, 6) is 0.688. The van der Waals surface area contributed by atoms with Gasteiger partial charge in [-0.25, -0.2) is 19.8 Å². The Morgan fingerprint density at radius 1 is 0.321 bits per heavy atom. The second kappa shape index (κ2) is 15.2. The Bertz CT molecular complexity index is 2740. The molecule has 5 aromatic carbocycles. The molecule has 0 aliphatic carbocycles. The first-order valence-electron chi connectivity index (χ1n) is 18.3. The van der Waals surface area contributed by atoms with Crippen LogP contribution >= 0.6 is 0 Å². The summed E-state index contributed by atoms with van der Waals surface area (Å²) in [4.78, 5) is 27.9. The quantitative estimate of drug-likeness (QED) is 0.146. The molecule has 0 aliphatic rings. The summed E-state index contributed by atoms with van der Waals surface area (Å²) in [6, 6.07) is 61.0. The fraction of sp³-hybridized carbons (Fsp3) is 0. The van der Waals surface area contributed by atoms with E-state index in [1.165, 1.54) is 0 Å². The molecule has 0 unspecified atom stereocenters. The molecule has 262 valence electrons. The van der Waals surface area contributed by atoms with Gasteiger partial charge in [0.25, 0.3) is 0 Å². The topological polar surface area (TPSA) is 68.8 Å². The van der Waals surface area contributed by atoms with E-state index in [9.17, 15) is 0 Å². The lowest BCUT2D eigenvalue weighted by Crippen LogP contribution is -1.95. The number of pyridine rings is 3. The zero-order valence-electron chi connectivity index (χ0n) is 30.2. The van der Waals surface area contributed by atoms with Gasteiger partial charge in [0.2, 0.25) is 0 Å². The second-order valence-electron chi connectivity index (χ2n) is 13.3. The number of aromatic nitrogens is 5. The fourth-order valence-electron chi connectivity index (χ4n) is 6.68. The van der Waals surface area contributed by atoms with Crippen molar-refractivity contribution >= 4 is 5.69 Å². The summed E-state index contributed by atoms with van der Waals surface area (Å²) in [6.45, 7) is 7.32. The van der Waals surface area contributed by atoms with Crippen molar-refractivity contribution < 1.29 is 0 Å². The maximum atomic E-state index is 7.32. The van der Waals surface area contributed by atoms with Crippen LogP contribution in [-0.4, -0.2) is 24.9 Å². The van der Waals surface area contributed by atoms with E-state index >= 15 is 0 Å². The zero-order chi connectivity index (χ0) is 37.7. The van der Waals surface area contributed by atoms with Gasteiger partial charge in [0.1, 0.15) is 0 Å². The van der Waals surface area contributed by atoms with E-state index in [-0.39, 0.29) is 0 Å². The van der Waals surface area contributed by atoms with E-state index < -0.39 is 0 Å². The third kappa shape index (κ3) is 7.21. The summed E-state index contributed by atoms with van der Waals surface area (Å²) >= 11 is 0. The van der Waals surface area contributed by atoms with Gasteiger partial charge in [0.15, 0.2) is 11.5 Å². The van der Waals surface area contributed by atoms with Gasteiger partial charge in [-0.2, -0.15) is 0 Å². The fourth-order valence-corrected chi connectivity index (χ4v) is 6.68. The van der Waals surface area contributed by atoms with Gasteiger partial charge in [-0.1, -0.05) is 146 Å². The van der Waals surface area contributed by atoms with E-state index in [4.69, 9.17) is 26.5 Å². The highest BCUT2D eigenvalue weighted by atomic mass is 14.9. The molecule has 4 aromatic heterocycles. The number of benzene rings is 5. The minimum Gasteiger partial charge on any atom is -0.255 e. The van der Waals surface area contributed by atoms with Crippen molar-refractivity contribution in [1.29, 1.82) is 0 Å². The van der Waals surface area contributed by atoms with Crippen LogP contribution in [0.4, 0.5) is 5.69 Å². The normalized spacial score (nSPS) is 10.8. The maximum Gasteiger partial charge on any atom is 0.187 e. The highest BCUT2D eigenvalue weighted by molar-refractivity contribution is 5.78. The van der Waals surface area contributed by atoms with E-state index in [0.717, 1.165) is 84.2 Å². The number of hydrogen-bond donors (Lipinski definition) is 0. The lowest BCUT2D eigenvalue weighted by Gasteiger charge is -2.11. The van der Waals surface area contributed by atoms with E-state index in [2.05, 4.69) is 94.8 Å². The first-order valence-corrected chi connectivity index (χ1v) is 18.3. The summed E-state index contributed by atoms with van der Waals surface area (Å²) in [6.07, 6.45) is 3.66. The molecule has 9 aromatic rings. The van der Waals surface area contributed by atoms with Crippen molar-refractivity contribution in [3.05, 3.63) is 206 Å². The first kappa shape index (κ1) is 33.9. The standard InChI is InChI=1S/C50H32N6/c1-51-43-26-23-37(24-27-43)42-30-48(44-14-8-9-29-52-44)54-49(31-42)45-28-25-41(33-53-45)36-17-15-34(16-18-36)35-19-21-40(22-20-35)50-55-46(38-10-4-2-5-11-38)32-47(56-50)39-12-6-3-7-13-39/h2-33H. The third-order valence-corrected chi connectivity index (χ3v) is 9.67. The average Bonchev–Trinajstić information content (AvgIpc) is 3.30. The molecule has 6 heteroatoms. The molecular formula is C50H32N6. The smallest absolute Gasteiger partial charge is 0.187 e. The molecule has 56 heavy (non-hydrogen) atoms. The average molecular weight is 717 g/mol. The predicted octanol–water partition coefficient (Wildman–Crippen LogP) is 12.5. The van der Waals surface area contributed by atoms with Crippen LogP contribution in [0.2, 0.25) is 0 Å². The SMILES string of the molecule is [C-]#[N+]c1ccc(-c2cc(-c3ccccn3)nc(-c3ccc(-c4ccc(-c5ccc(-c6nc(-c7ccccc7)cc(-c7ccccc7)n6)cc5)cc4)cn3)c2)cc1. The Morgan fingerprint density at radius 2 is 0.804 bits per heavy atom. The van der Waals surface area contributed by atoms with Gasteiger partial charge in [0, 0.05) is 34.6 Å². The molecule has 0 radical (unpaired) electrons. The van der Waals surface area contributed by atoms with E-state index in [0.29, 0.717) is 11.5 Å². The van der Waals surface area contributed by atoms with Crippen molar-refractivity contribution in [2.24, 2.45) is 0 Å². The molecule has 0 amide bonds. The molecule has 0 aliphatic heterocycles. The summed E-state index contributed by atoms with van der Waals surface area (Å²) in [5, 5.41) is 0. The zero-order valence-corrected chi connectivity index (χ0v) is 30.2. The Labute approximate surface area is 325 Å². The monoisotopic (exact) mass is 716 g/mol. The van der Waals surface area contributed by atoms with Crippen molar-refractivity contribution in [2.45, 2.75) is 0 Å². The van der Waals surface area contributed by atoms with Gasteiger partial charge in [-0.15, -0.1) is 0 Å². The molecule has 0 saturated carbocycles. The molecule has 0 saturated heterocycles. The molecule has 6 nitrogen and oxygen atoms in total. The van der Waals surface area contributed by atoms with Crippen LogP contribution in [-0.2, 0) is 0 Å². The van der Waals surface area contributed by atoms with E-state index in [1.54, 1.807) is 6.20 Å². The Hall–Kier alpha value is -7.88. The summed E-state index contributed by atoms with van der Waals surface area (Å²) in [7, 11) is 0. The molecule has 0 fully saturated rings. The van der Waals surface area contributed by atoms with Gasteiger partial charge in [0.05, 0.1) is 40.7 Å². The number of nitrogens with zero attached hydrogens (tertiary/aromatic N) is 6. The van der Waals surface area contributed by atoms with Crippen LogP contribution in [0.15, 0.2) is 194 Å². The minimum absolute atomic E-state index is 0.602. The Morgan fingerprint density at radius 3 is 1.32 bits per heavy atom. The minimum atomic E-state index is 0.602. The van der Waals surface area contributed by atoms with Gasteiger partial charge >= 0.3 is 0 Å². The number of hydrogen-bond acceptors (Lipinski definition) is 5. The molecule has 0 spiro atoms. The van der Waals surface area contributed by atoms with Crippen molar-refractivity contribution in [3.63, 3.8) is 0 Å². The molecule has 9 rings (SSSR count). The van der Waals surface area contributed by atoms with Crippen LogP contribution < -0.4 is 0 Å². The third-order valence-electron chi connectivity index (χ3n) is 9.67. The Kier molecular flexibility index (Phi) is 9.23. The van der Waals surface area contributed by atoms with Gasteiger partial charge in [-0.3, -0.25) is 9.97 Å². The van der Waals surface area contributed by atoms with Crippen LogP contribution in [0.3, 0.4) is 0 Å². The second-order valence-corrected chi connectivity index (χ2v) is 13.3. The van der Waals surface area contributed by atoms with Crippen LogP contribution in [0.25, 0.3) is 94.9 Å². The largest absolute Gasteiger partial charge is 0.255 e. The molecule has 0 bridgehead atoms. The van der Waals surface area contributed by atoms with Crippen molar-refractivity contribution in [1.82, 2.24) is 24.9 Å². The lowest BCUT2D eigenvalue weighted by molar-refractivity contribution is 1.18. The van der Waals surface area contributed by atoms with E-state index in [1.807, 2.05) is 103 Å². The molecular weight excluding hydrogens is 685 g/mol. The lowest BCUT2D eigenvalue weighted by atomic mass is 9.99. The number of rotatable bonds is 8. The highest BCUT2D eigenvalue weighted by Crippen LogP contribution is 2.33. The van der Waals surface area contributed by atoms with Gasteiger partial charge < -0.3 is 0 Å². The molecule has 0 N–H and O–H groups in total. The predicted molar refractivity (Wildman–Crippen MR) is 225 cm³/mol. The maximum absolute atomic E-state index is 7.32. The Balaban J connectivity index is 0.968. The van der Waals surface area contributed by atoms with Crippen LogP contribution in [0, 0.1) is 6.57 Å². The van der Waals surface area contributed by atoms with Gasteiger partial charge in [-0.05, 0) is 64.2 Å². The first-order chi connectivity index (χ1) is 27.7. The summed E-state index contributed by atoms with van der Waals surface area (Å²) < 4.78 is 0. The van der Waals surface area contributed by atoms with Crippen molar-refractivity contribution in [3.8, 4) is 90.1 Å². The van der Waals surface area contributed by atoms with Crippen LogP contribution in [0.5, 0.6) is 0 Å². The molecule has 4 heterocycles. The van der Waals surface area contributed by atoms with Crippen molar-refractivity contribution in [2.75, 3.05) is 0 Å².